The van der Waals surface area contributed by atoms with Gasteiger partial charge >= 0.3 is 0 Å². The predicted molar refractivity (Wildman–Crippen MR) is 64.8 cm³/mol. The molecule has 0 bridgehead atoms. The van der Waals surface area contributed by atoms with Crippen molar-refractivity contribution in [1.82, 2.24) is 5.32 Å². The van der Waals surface area contributed by atoms with Gasteiger partial charge < -0.3 is 5.32 Å². The summed E-state index contributed by atoms with van der Waals surface area (Å²) in [6.45, 7) is 3.05. The maximum absolute atomic E-state index is 13.3. The molecule has 0 radical (unpaired) electrons. The Morgan fingerprint density at radius 2 is 2.00 bits per heavy atom. The van der Waals surface area contributed by atoms with Crippen LogP contribution >= 0.6 is 0 Å². The molecule has 1 aromatic rings. The molecule has 1 aliphatic heterocycles. The van der Waals surface area contributed by atoms with Crippen LogP contribution in [0, 0.1) is 11.6 Å². The predicted octanol–water partition coefficient (Wildman–Crippen LogP) is 3.73. The van der Waals surface area contributed by atoms with Crippen molar-refractivity contribution in [2.75, 3.05) is 6.54 Å². The average molecular weight is 239 g/mol. The van der Waals surface area contributed by atoms with E-state index in [1.165, 1.54) is 18.6 Å². The summed E-state index contributed by atoms with van der Waals surface area (Å²) >= 11 is 0. The van der Waals surface area contributed by atoms with Gasteiger partial charge in [-0.3, -0.25) is 0 Å². The highest BCUT2D eigenvalue weighted by Gasteiger charge is 2.31. The lowest BCUT2D eigenvalue weighted by Gasteiger charge is -2.33. The molecule has 1 aromatic carbocycles. The molecule has 2 rings (SSSR count). The number of halogens is 2. The van der Waals surface area contributed by atoms with Crippen LogP contribution in [-0.2, 0) is 5.54 Å². The molecule has 1 fully saturated rings. The van der Waals surface area contributed by atoms with E-state index in [4.69, 9.17) is 0 Å². The van der Waals surface area contributed by atoms with Crippen LogP contribution in [0.15, 0.2) is 18.2 Å². The smallest absolute Gasteiger partial charge is 0.159 e. The Bertz CT molecular complexity index is 382. The zero-order valence-corrected chi connectivity index (χ0v) is 10.2. The summed E-state index contributed by atoms with van der Waals surface area (Å²) in [5, 5.41) is 3.52. The van der Waals surface area contributed by atoms with E-state index in [1.807, 2.05) is 0 Å². The van der Waals surface area contributed by atoms with Crippen LogP contribution in [0.4, 0.5) is 8.78 Å². The molecule has 1 N–H and O–H groups in total. The number of benzene rings is 1. The third kappa shape index (κ3) is 2.49. The van der Waals surface area contributed by atoms with Crippen molar-refractivity contribution >= 4 is 0 Å². The Morgan fingerprint density at radius 3 is 2.71 bits per heavy atom. The van der Waals surface area contributed by atoms with Crippen molar-refractivity contribution in [3.8, 4) is 0 Å². The molecule has 0 aromatic heterocycles. The van der Waals surface area contributed by atoms with Crippen LogP contribution < -0.4 is 5.32 Å². The van der Waals surface area contributed by atoms with Gasteiger partial charge in [0, 0.05) is 5.54 Å². The Labute approximate surface area is 101 Å². The topological polar surface area (TPSA) is 12.0 Å². The van der Waals surface area contributed by atoms with Crippen LogP contribution in [0.5, 0.6) is 0 Å². The van der Waals surface area contributed by atoms with E-state index in [-0.39, 0.29) is 5.54 Å². The highest BCUT2D eigenvalue weighted by Crippen LogP contribution is 2.33. The van der Waals surface area contributed by atoms with Gasteiger partial charge in [0.25, 0.3) is 0 Å². The summed E-state index contributed by atoms with van der Waals surface area (Å²) in [7, 11) is 0. The first-order chi connectivity index (χ1) is 8.18. The minimum absolute atomic E-state index is 0.176. The number of hydrogen-bond acceptors (Lipinski definition) is 1. The van der Waals surface area contributed by atoms with E-state index in [2.05, 4.69) is 12.2 Å². The van der Waals surface area contributed by atoms with Crippen molar-refractivity contribution < 1.29 is 8.78 Å². The van der Waals surface area contributed by atoms with Gasteiger partial charge in [-0.15, -0.1) is 0 Å². The highest BCUT2D eigenvalue weighted by molar-refractivity contribution is 5.26. The highest BCUT2D eigenvalue weighted by atomic mass is 19.2. The molecule has 94 valence electrons. The van der Waals surface area contributed by atoms with Gasteiger partial charge in [0.1, 0.15) is 0 Å². The van der Waals surface area contributed by atoms with E-state index < -0.39 is 11.6 Å². The molecule has 1 heterocycles. The summed E-state index contributed by atoms with van der Waals surface area (Å²) in [4.78, 5) is 0. The van der Waals surface area contributed by atoms with E-state index >= 15 is 0 Å². The molecule has 3 heteroatoms. The van der Waals surface area contributed by atoms with Gasteiger partial charge in [0.05, 0.1) is 0 Å². The second-order valence-corrected chi connectivity index (χ2v) is 4.80. The summed E-state index contributed by atoms with van der Waals surface area (Å²) in [5.74, 6) is -1.52. The van der Waals surface area contributed by atoms with Crippen molar-refractivity contribution in [2.45, 2.75) is 44.6 Å². The molecule has 0 amide bonds. The normalized spacial score (nSPS) is 25.6. The van der Waals surface area contributed by atoms with E-state index in [9.17, 15) is 8.78 Å². The maximum Gasteiger partial charge on any atom is 0.159 e. The molecular formula is C14H19F2N. The Hall–Kier alpha value is -0.960. The molecule has 1 unspecified atom stereocenters. The van der Waals surface area contributed by atoms with Gasteiger partial charge in [-0.2, -0.15) is 0 Å². The summed E-state index contributed by atoms with van der Waals surface area (Å²) in [5.41, 5.74) is 0.700. The van der Waals surface area contributed by atoms with Crippen LogP contribution in [-0.4, -0.2) is 6.54 Å². The van der Waals surface area contributed by atoms with Gasteiger partial charge in [-0.25, -0.2) is 8.78 Å². The molecule has 1 aliphatic rings. The third-order valence-corrected chi connectivity index (χ3v) is 3.82. The molecule has 1 saturated heterocycles. The second-order valence-electron chi connectivity index (χ2n) is 4.80. The lowest BCUT2D eigenvalue weighted by Crippen LogP contribution is -2.41. The molecule has 0 saturated carbocycles. The monoisotopic (exact) mass is 239 g/mol. The quantitative estimate of drug-likeness (QED) is 0.829. The van der Waals surface area contributed by atoms with Crippen LogP contribution in [0.3, 0.4) is 0 Å². The third-order valence-electron chi connectivity index (χ3n) is 3.82. The van der Waals surface area contributed by atoms with Crippen LogP contribution in [0.25, 0.3) is 0 Å². The summed E-state index contributed by atoms with van der Waals surface area (Å²) in [6.07, 6.45) is 5.40. The molecule has 17 heavy (non-hydrogen) atoms. The lowest BCUT2D eigenvalue weighted by molar-refractivity contribution is 0.310. The zero-order valence-electron chi connectivity index (χ0n) is 10.2. The van der Waals surface area contributed by atoms with Gasteiger partial charge in [-0.05, 0) is 43.5 Å². The Kier molecular flexibility index (Phi) is 3.77. The first-order valence-electron chi connectivity index (χ1n) is 6.38. The summed E-state index contributed by atoms with van der Waals surface area (Å²) in [6, 6.07) is 4.28. The maximum atomic E-state index is 13.3. The molecule has 1 nitrogen and oxygen atoms in total. The minimum atomic E-state index is -0.770. The first-order valence-corrected chi connectivity index (χ1v) is 6.38. The van der Waals surface area contributed by atoms with E-state index in [1.54, 1.807) is 6.07 Å². The number of hydrogen-bond donors (Lipinski definition) is 1. The Morgan fingerprint density at radius 1 is 1.18 bits per heavy atom. The standard InChI is InChI=1S/C14H19F2N/c1-2-14(8-4-3-5-9-17-14)11-6-7-12(15)13(16)10-11/h6-7,10,17H,2-5,8-9H2,1H3. The van der Waals surface area contributed by atoms with Crippen LogP contribution in [0.2, 0.25) is 0 Å². The minimum Gasteiger partial charge on any atom is -0.307 e. The average Bonchev–Trinajstić information content (AvgIpc) is 2.59. The first kappa shape index (κ1) is 12.5. The zero-order chi connectivity index (χ0) is 12.3. The van der Waals surface area contributed by atoms with Gasteiger partial charge in [-0.1, -0.05) is 25.8 Å². The van der Waals surface area contributed by atoms with Crippen molar-refractivity contribution in [1.29, 1.82) is 0 Å². The fourth-order valence-corrected chi connectivity index (χ4v) is 2.69. The molecule has 0 aliphatic carbocycles. The fraction of sp³-hybridized carbons (Fsp3) is 0.571. The summed E-state index contributed by atoms with van der Waals surface area (Å²) < 4.78 is 26.3. The second kappa shape index (κ2) is 5.13. The van der Waals surface area contributed by atoms with Crippen molar-refractivity contribution in [2.24, 2.45) is 0 Å². The van der Waals surface area contributed by atoms with Crippen molar-refractivity contribution in [3.63, 3.8) is 0 Å². The van der Waals surface area contributed by atoms with Gasteiger partial charge in [0.2, 0.25) is 0 Å². The number of nitrogens with one attached hydrogen (secondary N) is 1. The molecular weight excluding hydrogens is 220 g/mol. The van der Waals surface area contributed by atoms with Crippen molar-refractivity contribution in [3.05, 3.63) is 35.4 Å². The fourth-order valence-electron chi connectivity index (χ4n) is 2.69. The van der Waals surface area contributed by atoms with E-state index in [0.717, 1.165) is 37.8 Å². The molecule has 0 spiro atoms. The lowest BCUT2D eigenvalue weighted by atomic mass is 9.83. The van der Waals surface area contributed by atoms with E-state index in [0.29, 0.717) is 0 Å². The number of rotatable bonds is 2. The molecule has 1 atom stereocenters. The van der Waals surface area contributed by atoms with Crippen LogP contribution in [0.1, 0.15) is 44.6 Å². The SMILES string of the molecule is CCC1(c2ccc(F)c(F)c2)CCCCCN1. The largest absolute Gasteiger partial charge is 0.307 e. The Balaban J connectivity index is 2.35. The van der Waals surface area contributed by atoms with Gasteiger partial charge in [0.15, 0.2) is 11.6 Å².